The minimum absolute atomic E-state index is 0.0290. The molecule has 1 atom stereocenters. The average Bonchev–Trinajstić information content (AvgIpc) is 3.28. The van der Waals surface area contributed by atoms with Gasteiger partial charge >= 0.3 is 0 Å². The summed E-state index contributed by atoms with van der Waals surface area (Å²) in [6, 6.07) is 3.69. The van der Waals surface area contributed by atoms with Crippen molar-refractivity contribution in [3.63, 3.8) is 0 Å². The van der Waals surface area contributed by atoms with Crippen LogP contribution in [0.4, 0.5) is 8.78 Å². The Kier molecular flexibility index (Phi) is 3.72. The van der Waals surface area contributed by atoms with Crippen molar-refractivity contribution in [1.82, 2.24) is 4.90 Å². The first-order valence-electron chi connectivity index (χ1n) is 7.35. The average molecular weight is 279 g/mol. The number of rotatable bonds is 3. The van der Waals surface area contributed by atoms with E-state index >= 15 is 0 Å². The molecule has 1 heterocycles. The van der Waals surface area contributed by atoms with Gasteiger partial charge in [-0.05, 0) is 55.2 Å². The van der Waals surface area contributed by atoms with E-state index in [9.17, 15) is 13.6 Å². The molecule has 1 saturated carbocycles. The third-order valence-electron chi connectivity index (χ3n) is 4.44. The summed E-state index contributed by atoms with van der Waals surface area (Å²) in [7, 11) is 0. The molecule has 1 saturated heterocycles. The van der Waals surface area contributed by atoms with E-state index in [4.69, 9.17) is 0 Å². The van der Waals surface area contributed by atoms with Crippen LogP contribution in [0, 0.1) is 23.5 Å². The molecule has 0 bridgehead atoms. The second-order valence-electron chi connectivity index (χ2n) is 6.00. The van der Waals surface area contributed by atoms with Gasteiger partial charge in [0.1, 0.15) is 0 Å². The molecule has 1 aromatic rings. The largest absolute Gasteiger partial charge is 0.342 e. The van der Waals surface area contributed by atoms with Crippen molar-refractivity contribution in [3.8, 4) is 0 Å². The predicted octanol–water partition coefficient (Wildman–Crippen LogP) is 3.16. The lowest BCUT2D eigenvalue weighted by molar-refractivity contribution is -0.132. The maximum absolute atomic E-state index is 13.1. The number of hydrogen-bond acceptors (Lipinski definition) is 1. The number of likely N-dealkylation sites (tertiary alicyclic amines) is 1. The smallest absolute Gasteiger partial charge is 0.227 e. The summed E-state index contributed by atoms with van der Waals surface area (Å²) in [6.45, 7) is 1.64. The van der Waals surface area contributed by atoms with E-state index < -0.39 is 11.6 Å². The van der Waals surface area contributed by atoms with Crippen molar-refractivity contribution >= 4 is 5.91 Å². The Hall–Kier alpha value is -1.45. The standard InChI is InChI=1S/C16H19F2NO/c17-14-6-3-11(8-15(14)18)9-16(20)19-7-1-2-13(10-19)12-4-5-12/h3,6,8,12-13H,1-2,4-5,7,9-10H2. The van der Waals surface area contributed by atoms with Crippen LogP contribution in [0.5, 0.6) is 0 Å². The summed E-state index contributed by atoms with van der Waals surface area (Å²) in [5.41, 5.74) is 0.544. The van der Waals surface area contributed by atoms with E-state index in [0.717, 1.165) is 37.6 Å². The van der Waals surface area contributed by atoms with Gasteiger partial charge in [0.15, 0.2) is 11.6 Å². The van der Waals surface area contributed by atoms with Crippen LogP contribution in [0.3, 0.4) is 0 Å². The van der Waals surface area contributed by atoms with Crippen molar-refractivity contribution in [2.24, 2.45) is 11.8 Å². The van der Waals surface area contributed by atoms with Gasteiger partial charge in [0.2, 0.25) is 5.91 Å². The van der Waals surface area contributed by atoms with Crippen molar-refractivity contribution in [2.75, 3.05) is 13.1 Å². The maximum Gasteiger partial charge on any atom is 0.227 e. The maximum atomic E-state index is 13.1. The van der Waals surface area contributed by atoms with Gasteiger partial charge in [-0.25, -0.2) is 8.78 Å². The molecule has 0 N–H and O–H groups in total. The lowest BCUT2D eigenvalue weighted by Crippen LogP contribution is -2.41. The summed E-state index contributed by atoms with van der Waals surface area (Å²) >= 11 is 0. The van der Waals surface area contributed by atoms with Gasteiger partial charge in [-0.1, -0.05) is 6.07 Å². The highest BCUT2D eigenvalue weighted by molar-refractivity contribution is 5.78. The number of halogens is 2. The third kappa shape index (κ3) is 3.00. The summed E-state index contributed by atoms with van der Waals surface area (Å²) in [6.07, 6.45) is 5.05. The van der Waals surface area contributed by atoms with Crippen LogP contribution in [0.1, 0.15) is 31.2 Å². The highest BCUT2D eigenvalue weighted by Gasteiger charge is 2.35. The highest BCUT2D eigenvalue weighted by Crippen LogP contribution is 2.40. The number of piperidine rings is 1. The number of carbonyl (C=O) groups excluding carboxylic acids is 1. The zero-order valence-corrected chi connectivity index (χ0v) is 11.4. The fourth-order valence-electron chi connectivity index (χ4n) is 3.12. The molecule has 2 aliphatic rings. The second kappa shape index (κ2) is 5.51. The predicted molar refractivity (Wildman–Crippen MR) is 72.1 cm³/mol. The third-order valence-corrected chi connectivity index (χ3v) is 4.44. The van der Waals surface area contributed by atoms with E-state index in [1.54, 1.807) is 0 Å². The molecule has 2 fully saturated rings. The molecule has 1 unspecified atom stereocenters. The minimum atomic E-state index is -0.884. The molecule has 108 valence electrons. The summed E-state index contributed by atoms with van der Waals surface area (Å²) in [4.78, 5) is 14.2. The van der Waals surface area contributed by atoms with Crippen LogP contribution in [0.25, 0.3) is 0 Å². The van der Waals surface area contributed by atoms with Crippen molar-refractivity contribution in [3.05, 3.63) is 35.4 Å². The van der Waals surface area contributed by atoms with Crippen molar-refractivity contribution in [2.45, 2.75) is 32.1 Å². The molecule has 3 rings (SSSR count). The van der Waals surface area contributed by atoms with Gasteiger partial charge in [-0.2, -0.15) is 0 Å². The quantitative estimate of drug-likeness (QED) is 0.832. The van der Waals surface area contributed by atoms with Gasteiger partial charge in [0.25, 0.3) is 0 Å². The molecule has 0 aromatic heterocycles. The van der Waals surface area contributed by atoms with Gasteiger partial charge in [0.05, 0.1) is 6.42 Å². The molecule has 1 aliphatic carbocycles. The first-order valence-corrected chi connectivity index (χ1v) is 7.35. The molecule has 0 radical (unpaired) electrons. The molecule has 20 heavy (non-hydrogen) atoms. The Balaban J connectivity index is 1.61. The number of benzene rings is 1. The van der Waals surface area contributed by atoms with E-state index in [1.807, 2.05) is 4.90 Å². The Bertz CT molecular complexity index is 513. The van der Waals surface area contributed by atoms with Crippen LogP contribution in [0.15, 0.2) is 18.2 Å². The van der Waals surface area contributed by atoms with Gasteiger partial charge in [-0.3, -0.25) is 4.79 Å². The molecular formula is C16H19F2NO. The molecule has 1 aliphatic heterocycles. The van der Waals surface area contributed by atoms with Gasteiger partial charge in [-0.15, -0.1) is 0 Å². The van der Waals surface area contributed by atoms with Crippen LogP contribution in [-0.4, -0.2) is 23.9 Å². The Labute approximate surface area is 117 Å². The van der Waals surface area contributed by atoms with Crippen LogP contribution < -0.4 is 0 Å². The normalized spacial score (nSPS) is 22.9. The van der Waals surface area contributed by atoms with E-state index in [0.29, 0.717) is 11.5 Å². The number of carbonyl (C=O) groups is 1. The summed E-state index contributed by atoms with van der Waals surface area (Å²) in [5, 5.41) is 0. The Morgan fingerprint density at radius 1 is 1.15 bits per heavy atom. The second-order valence-corrected chi connectivity index (χ2v) is 6.00. The zero-order chi connectivity index (χ0) is 14.1. The van der Waals surface area contributed by atoms with Crippen LogP contribution in [0.2, 0.25) is 0 Å². The Morgan fingerprint density at radius 3 is 2.65 bits per heavy atom. The number of hydrogen-bond donors (Lipinski definition) is 0. The lowest BCUT2D eigenvalue weighted by Gasteiger charge is -2.33. The van der Waals surface area contributed by atoms with Crippen molar-refractivity contribution in [1.29, 1.82) is 0 Å². The summed E-state index contributed by atoms with van der Waals surface area (Å²) in [5.74, 6) is -0.259. The zero-order valence-electron chi connectivity index (χ0n) is 11.4. The lowest BCUT2D eigenvalue weighted by atomic mass is 9.93. The van der Waals surface area contributed by atoms with Crippen molar-refractivity contribution < 1.29 is 13.6 Å². The molecule has 1 aromatic carbocycles. The molecule has 1 amide bonds. The molecule has 4 heteroatoms. The molecular weight excluding hydrogens is 260 g/mol. The minimum Gasteiger partial charge on any atom is -0.342 e. The van der Waals surface area contributed by atoms with Crippen LogP contribution in [-0.2, 0) is 11.2 Å². The highest BCUT2D eigenvalue weighted by atomic mass is 19.2. The fraction of sp³-hybridized carbons (Fsp3) is 0.562. The Morgan fingerprint density at radius 2 is 1.95 bits per heavy atom. The van der Waals surface area contributed by atoms with Crippen LogP contribution >= 0.6 is 0 Å². The van der Waals surface area contributed by atoms with E-state index in [1.165, 1.54) is 25.3 Å². The monoisotopic (exact) mass is 279 g/mol. The summed E-state index contributed by atoms with van der Waals surface area (Å²) < 4.78 is 26.0. The number of nitrogens with zero attached hydrogens (tertiary/aromatic N) is 1. The topological polar surface area (TPSA) is 20.3 Å². The van der Waals surface area contributed by atoms with E-state index in [2.05, 4.69) is 0 Å². The first-order chi connectivity index (χ1) is 9.63. The first kappa shape index (κ1) is 13.5. The van der Waals surface area contributed by atoms with E-state index in [-0.39, 0.29) is 12.3 Å². The number of amides is 1. The van der Waals surface area contributed by atoms with Gasteiger partial charge in [0, 0.05) is 13.1 Å². The molecule has 0 spiro atoms. The fourth-order valence-corrected chi connectivity index (χ4v) is 3.12. The SMILES string of the molecule is O=C(Cc1ccc(F)c(F)c1)N1CCCC(C2CC2)C1. The van der Waals surface area contributed by atoms with Gasteiger partial charge < -0.3 is 4.90 Å². The molecule has 2 nitrogen and oxygen atoms in total.